The Balaban J connectivity index is 1.78. The fourth-order valence-electron chi connectivity index (χ4n) is 1.94. The zero-order valence-corrected chi connectivity index (χ0v) is 10.5. The van der Waals surface area contributed by atoms with Gasteiger partial charge in [-0.05, 0) is 12.8 Å². The molecule has 6 heteroatoms. The number of hydrogen-bond donors (Lipinski definition) is 2. The van der Waals surface area contributed by atoms with Crippen molar-refractivity contribution in [2.75, 3.05) is 6.54 Å². The Morgan fingerprint density at radius 1 is 1.61 bits per heavy atom. The van der Waals surface area contributed by atoms with Crippen molar-refractivity contribution < 1.29 is 13.9 Å². The third-order valence-corrected chi connectivity index (χ3v) is 3.03. The van der Waals surface area contributed by atoms with Gasteiger partial charge in [-0.25, -0.2) is 4.98 Å². The quantitative estimate of drug-likeness (QED) is 0.790. The van der Waals surface area contributed by atoms with Gasteiger partial charge in [0.15, 0.2) is 0 Å². The molecule has 2 atom stereocenters. The van der Waals surface area contributed by atoms with E-state index in [-0.39, 0.29) is 18.1 Å². The maximum absolute atomic E-state index is 11.8. The van der Waals surface area contributed by atoms with Gasteiger partial charge in [0.25, 0.3) is 0 Å². The van der Waals surface area contributed by atoms with Crippen LogP contribution in [0.1, 0.15) is 31.4 Å². The molecule has 1 saturated heterocycles. The predicted molar refractivity (Wildman–Crippen MR) is 64.7 cm³/mol. The lowest BCUT2D eigenvalue weighted by Gasteiger charge is -2.11. The molecule has 1 fully saturated rings. The van der Waals surface area contributed by atoms with E-state index >= 15 is 0 Å². The fraction of sp³-hybridized carbons (Fsp3) is 0.667. The normalized spacial score (nSPS) is 23.2. The minimum Gasteiger partial charge on any atom is -0.444 e. The Labute approximate surface area is 106 Å². The van der Waals surface area contributed by atoms with E-state index in [1.165, 1.54) is 0 Å². The van der Waals surface area contributed by atoms with Gasteiger partial charge >= 0.3 is 0 Å². The van der Waals surface area contributed by atoms with Crippen molar-refractivity contribution in [2.45, 2.75) is 44.9 Å². The SMILES string of the molecule is CCc1cnc(CNC(=O)C2CCC(CN)O2)o1. The van der Waals surface area contributed by atoms with Crippen molar-refractivity contribution in [3.8, 4) is 0 Å². The Hall–Kier alpha value is -1.40. The standard InChI is InChI=1S/C12H19N3O3/c1-2-8-6-14-11(18-8)7-15-12(16)10-4-3-9(5-13)17-10/h6,9-10H,2-5,7,13H2,1H3,(H,15,16). The highest BCUT2D eigenvalue weighted by Crippen LogP contribution is 2.18. The third kappa shape index (κ3) is 3.08. The van der Waals surface area contributed by atoms with Crippen LogP contribution in [0.5, 0.6) is 0 Å². The van der Waals surface area contributed by atoms with Gasteiger partial charge in [-0.2, -0.15) is 0 Å². The number of nitrogens with two attached hydrogens (primary N) is 1. The van der Waals surface area contributed by atoms with Crippen LogP contribution in [0.2, 0.25) is 0 Å². The molecule has 2 rings (SSSR count). The molecule has 0 aliphatic carbocycles. The second-order valence-electron chi connectivity index (χ2n) is 4.35. The molecule has 3 N–H and O–H groups in total. The minimum atomic E-state index is -0.390. The monoisotopic (exact) mass is 253 g/mol. The van der Waals surface area contributed by atoms with Gasteiger partial charge in [0.1, 0.15) is 11.9 Å². The summed E-state index contributed by atoms with van der Waals surface area (Å²) in [4.78, 5) is 15.9. The van der Waals surface area contributed by atoms with E-state index < -0.39 is 0 Å². The number of carbonyl (C=O) groups is 1. The summed E-state index contributed by atoms with van der Waals surface area (Å²) in [5.41, 5.74) is 5.50. The predicted octanol–water partition coefficient (Wildman–Crippen LogP) is 0.360. The molecular weight excluding hydrogens is 234 g/mol. The van der Waals surface area contributed by atoms with Crippen molar-refractivity contribution in [3.63, 3.8) is 0 Å². The molecular formula is C12H19N3O3. The zero-order chi connectivity index (χ0) is 13.0. The molecule has 0 saturated carbocycles. The van der Waals surface area contributed by atoms with Gasteiger partial charge in [-0.1, -0.05) is 6.92 Å². The highest BCUT2D eigenvalue weighted by Gasteiger charge is 2.29. The van der Waals surface area contributed by atoms with E-state index in [0.717, 1.165) is 25.0 Å². The summed E-state index contributed by atoms with van der Waals surface area (Å²) in [7, 11) is 0. The number of carbonyl (C=O) groups excluding carboxylic acids is 1. The van der Waals surface area contributed by atoms with Crippen LogP contribution < -0.4 is 11.1 Å². The maximum atomic E-state index is 11.8. The van der Waals surface area contributed by atoms with Crippen LogP contribution in [-0.2, 0) is 22.5 Å². The first kappa shape index (κ1) is 13.0. The van der Waals surface area contributed by atoms with E-state index in [2.05, 4.69) is 10.3 Å². The highest BCUT2D eigenvalue weighted by atomic mass is 16.5. The summed E-state index contributed by atoms with van der Waals surface area (Å²) in [6, 6.07) is 0. The van der Waals surface area contributed by atoms with Crippen LogP contribution >= 0.6 is 0 Å². The second kappa shape index (κ2) is 5.97. The Kier molecular flexibility index (Phi) is 4.33. The van der Waals surface area contributed by atoms with Crippen LogP contribution in [-0.4, -0.2) is 29.6 Å². The van der Waals surface area contributed by atoms with Crippen molar-refractivity contribution in [2.24, 2.45) is 5.73 Å². The number of aromatic nitrogens is 1. The van der Waals surface area contributed by atoms with Crippen LogP contribution in [0.25, 0.3) is 0 Å². The average molecular weight is 253 g/mol. The van der Waals surface area contributed by atoms with E-state index in [9.17, 15) is 4.79 Å². The Morgan fingerprint density at radius 3 is 3.06 bits per heavy atom. The fourth-order valence-corrected chi connectivity index (χ4v) is 1.94. The van der Waals surface area contributed by atoms with Crippen LogP contribution in [0, 0.1) is 0 Å². The largest absolute Gasteiger partial charge is 0.444 e. The van der Waals surface area contributed by atoms with Crippen LogP contribution in [0.4, 0.5) is 0 Å². The zero-order valence-electron chi connectivity index (χ0n) is 10.5. The van der Waals surface area contributed by atoms with Crippen molar-refractivity contribution >= 4 is 5.91 Å². The molecule has 6 nitrogen and oxygen atoms in total. The van der Waals surface area contributed by atoms with E-state index in [0.29, 0.717) is 19.0 Å². The lowest BCUT2D eigenvalue weighted by atomic mass is 10.2. The van der Waals surface area contributed by atoms with E-state index in [1.807, 2.05) is 6.92 Å². The second-order valence-corrected chi connectivity index (χ2v) is 4.35. The molecule has 1 aliphatic rings. The van der Waals surface area contributed by atoms with Crippen LogP contribution in [0.15, 0.2) is 10.6 Å². The van der Waals surface area contributed by atoms with Gasteiger partial charge in [0.05, 0.1) is 18.8 Å². The van der Waals surface area contributed by atoms with Gasteiger partial charge in [0.2, 0.25) is 11.8 Å². The Morgan fingerprint density at radius 2 is 2.44 bits per heavy atom. The number of rotatable bonds is 5. The van der Waals surface area contributed by atoms with Crippen molar-refractivity contribution in [3.05, 3.63) is 17.8 Å². The Bertz CT molecular complexity index is 405. The van der Waals surface area contributed by atoms with E-state index in [4.69, 9.17) is 14.9 Å². The number of nitrogens with one attached hydrogen (secondary N) is 1. The molecule has 1 aromatic heterocycles. The molecule has 0 spiro atoms. The summed E-state index contributed by atoms with van der Waals surface area (Å²) in [6.07, 6.45) is 3.66. The first-order valence-electron chi connectivity index (χ1n) is 6.29. The highest BCUT2D eigenvalue weighted by molar-refractivity contribution is 5.80. The molecule has 1 aromatic rings. The lowest BCUT2D eigenvalue weighted by Crippen LogP contribution is -2.35. The van der Waals surface area contributed by atoms with Gasteiger partial charge in [-0.3, -0.25) is 4.79 Å². The minimum absolute atomic E-state index is 0.00850. The van der Waals surface area contributed by atoms with Crippen molar-refractivity contribution in [1.82, 2.24) is 10.3 Å². The molecule has 0 aromatic carbocycles. The smallest absolute Gasteiger partial charge is 0.249 e. The topological polar surface area (TPSA) is 90.4 Å². The first-order chi connectivity index (χ1) is 8.72. The van der Waals surface area contributed by atoms with Gasteiger partial charge in [0, 0.05) is 13.0 Å². The number of hydrogen-bond acceptors (Lipinski definition) is 5. The number of aryl methyl sites for hydroxylation is 1. The molecule has 1 amide bonds. The summed E-state index contributed by atoms with van der Waals surface area (Å²) in [5.74, 6) is 1.22. The number of ether oxygens (including phenoxy) is 1. The van der Waals surface area contributed by atoms with Gasteiger partial charge < -0.3 is 20.2 Å². The number of amides is 1. The molecule has 0 bridgehead atoms. The average Bonchev–Trinajstić information content (AvgIpc) is 3.04. The summed E-state index contributed by atoms with van der Waals surface area (Å²) < 4.78 is 10.9. The van der Waals surface area contributed by atoms with E-state index in [1.54, 1.807) is 6.20 Å². The number of nitrogens with zero attached hydrogens (tertiary/aromatic N) is 1. The molecule has 0 radical (unpaired) electrons. The van der Waals surface area contributed by atoms with Crippen LogP contribution in [0.3, 0.4) is 0 Å². The molecule has 100 valence electrons. The summed E-state index contributed by atoms with van der Waals surface area (Å²) in [6.45, 7) is 2.75. The summed E-state index contributed by atoms with van der Waals surface area (Å²) in [5, 5.41) is 2.76. The molecule has 18 heavy (non-hydrogen) atoms. The third-order valence-electron chi connectivity index (χ3n) is 3.03. The number of oxazole rings is 1. The maximum Gasteiger partial charge on any atom is 0.249 e. The van der Waals surface area contributed by atoms with Crippen molar-refractivity contribution in [1.29, 1.82) is 0 Å². The molecule has 1 aliphatic heterocycles. The van der Waals surface area contributed by atoms with Gasteiger partial charge in [-0.15, -0.1) is 0 Å². The molecule has 2 unspecified atom stereocenters. The lowest BCUT2D eigenvalue weighted by molar-refractivity contribution is -0.132. The first-order valence-corrected chi connectivity index (χ1v) is 6.29. The molecule has 2 heterocycles. The summed E-state index contributed by atoms with van der Waals surface area (Å²) >= 11 is 0.